The number of carbonyl (C=O) groups excluding carboxylic acids is 1. The molecule has 0 aliphatic carbocycles. The van der Waals surface area contributed by atoms with Gasteiger partial charge in [0.25, 0.3) is 5.56 Å². The summed E-state index contributed by atoms with van der Waals surface area (Å²) in [6.45, 7) is 4.52. The van der Waals surface area contributed by atoms with Crippen molar-refractivity contribution in [3.8, 4) is 11.8 Å². The number of aromatic nitrogens is 2. The molecule has 1 amide bonds. The summed E-state index contributed by atoms with van der Waals surface area (Å²) in [6.07, 6.45) is 1.26. The minimum atomic E-state index is -0.383. The summed E-state index contributed by atoms with van der Waals surface area (Å²) < 4.78 is 1.34. The van der Waals surface area contributed by atoms with Gasteiger partial charge >= 0.3 is 0 Å². The summed E-state index contributed by atoms with van der Waals surface area (Å²) in [4.78, 5) is 31.3. The number of carbonyl (C=O) groups is 1. The normalized spacial score (nSPS) is 16.6. The van der Waals surface area contributed by atoms with E-state index in [1.165, 1.54) is 16.7 Å². The lowest BCUT2D eigenvalue weighted by Crippen LogP contribution is -2.44. The molecule has 0 radical (unpaired) electrons. The van der Waals surface area contributed by atoms with Crippen LogP contribution in [-0.2, 0) is 11.3 Å². The van der Waals surface area contributed by atoms with E-state index >= 15 is 0 Å². The van der Waals surface area contributed by atoms with Crippen LogP contribution in [0.5, 0.6) is 5.75 Å². The van der Waals surface area contributed by atoms with E-state index < -0.39 is 0 Å². The number of fused-ring (bicyclic) bond motifs is 1. The number of nitrogens with zero attached hydrogens (tertiary/aromatic N) is 4. The third-order valence-electron chi connectivity index (χ3n) is 4.91. The van der Waals surface area contributed by atoms with E-state index in [4.69, 9.17) is 0 Å². The molecular weight excluding hydrogens is 320 g/mol. The molecule has 7 nitrogen and oxygen atoms in total. The molecule has 130 valence electrons. The summed E-state index contributed by atoms with van der Waals surface area (Å²) in [5.41, 5.74) is -0.233. The molecule has 0 bridgehead atoms. The Morgan fingerprint density at radius 1 is 1.40 bits per heavy atom. The maximum Gasteiger partial charge on any atom is 0.261 e. The Labute approximate surface area is 145 Å². The number of hydrogen-bond donors (Lipinski definition) is 1. The lowest BCUT2D eigenvalue weighted by Gasteiger charge is -2.35. The van der Waals surface area contributed by atoms with E-state index in [2.05, 4.69) is 11.1 Å². The Bertz CT molecular complexity index is 934. The lowest BCUT2D eigenvalue weighted by atomic mass is 9.82. The van der Waals surface area contributed by atoms with Gasteiger partial charge in [-0.1, -0.05) is 0 Å². The zero-order valence-electron chi connectivity index (χ0n) is 14.3. The first kappa shape index (κ1) is 17.0. The van der Waals surface area contributed by atoms with Crippen molar-refractivity contribution in [3.63, 3.8) is 0 Å². The molecule has 25 heavy (non-hydrogen) atoms. The van der Waals surface area contributed by atoms with Crippen LogP contribution in [0.1, 0.15) is 25.6 Å². The quantitative estimate of drug-likeness (QED) is 0.894. The summed E-state index contributed by atoms with van der Waals surface area (Å²) in [5, 5.41) is 19.1. The van der Waals surface area contributed by atoms with Crippen molar-refractivity contribution in [2.45, 2.75) is 33.2 Å². The Morgan fingerprint density at radius 3 is 2.72 bits per heavy atom. The molecule has 1 aromatic heterocycles. The molecular formula is C18H20N4O3. The fourth-order valence-corrected chi connectivity index (χ4v) is 3.10. The molecule has 1 saturated heterocycles. The molecule has 1 fully saturated rings. The van der Waals surface area contributed by atoms with Crippen LogP contribution in [0.2, 0.25) is 0 Å². The summed E-state index contributed by atoms with van der Waals surface area (Å²) in [7, 11) is 0. The molecule has 0 atom stereocenters. The first-order valence-electron chi connectivity index (χ1n) is 8.22. The summed E-state index contributed by atoms with van der Waals surface area (Å²) in [6, 6.07) is 6.73. The molecule has 1 aliphatic heterocycles. The highest BCUT2D eigenvalue weighted by molar-refractivity contribution is 5.80. The monoisotopic (exact) mass is 340 g/mol. The molecule has 7 heteroatoms. The molecule has 2 heterocycles. The van der Waals surface area contributed by atoms with Crippen LogP contribution in [0.4, 0.5) is 0 Å². The number of aryl methyl sites for hydroxylation is 1. The van der Waals surface area contributed by atoms with Crippen molar-refractivity contribution in [1.29, 1.82) is 5.26 Å². The van der Waals surface area contributed by atoms with Gasteiger partial charge < -0.3 is 10.0 Å². The lowest BCUT2D eigenvalue weighted by molar-refractivity contribution is -0.133. The van der Waals surface area contributed by atoms with Crippen molar-refractivity contribution in [2.75, 3.05) is 13.1 Å². The number of amides is 1. The second kappa shape index (κ2) is 6.20. The SMILES string of the molecule is Cc1nc2ccc(O)cc2c(=O)n1CC(=O)N1CCC(C)(C#N)CC1. The molecule has 0 spiro atoms. The number of piperidine rings is 1. The molecule has 2 aromatic rings. The van der Waals surface area contributed by atoms with E-state index in [0.29, 0.717) is 37.3 Å². The predicted octanol–water partition coefficient (Wildman–Crippen LogP) is 1.56. The van der Waals surface area contributed by atoms with Crippen molar-refractivity contribution < 1.29 is 9.90 Å². The molecule has 1 aromatic carbocycles. The van der Waals surface area contributed by atoms with Gasteiger partial charge in [0.2, 0.25) is 5.91 Å². The number of likely N-dealkylation sites (tertiary alicyclic amines) is 1. The van der Waals surface area contributed by atoms with E-state index in [1.54, 1.807) is 17.9 Å². The second-order valence-electron chi connectivity index (χ2n) is 6.81. The Kier molecular flexibility index (Phi) is 4.21. The van der Waals surface area contributed by atoms with Gasteiger partial charge in [-0.15, -0.1) is 0 Å². The third-order valence-corrected chi connectivity index (χ3v) is 4.91. The van der Waals surface area contributed by atoms with Crippen LogP contribution >= 0.6 is 0 Å². The van der Waals surface area contributed by atoms with Gasteiger partial charge in [0.1, 0.15) is 18.1 Å². The fourth-order valence-electron chi connectivity index (χ4n) is 3.10. The van der Waals surface area contributed by atoms with E-state index in [9.17, 15) is 20.0 Å². The van der Waals surface area contributed by atoms with Crippen LogP contribution < -0.4 is 5.56 Å². The smallest absolute Gasteiger partial charge is 0.261 e. The number of aromatic hydroxyl groups is 1. The standard InChI is InChI=1S/C18H20N4O3/c1-12-20-15-4-3-13(23)9-14(15)17(25)22(12)10-16(24)21-7-5-18(2,11-19)6-8-21/h3-4,9,23H,5-8,10H2,1-2H3. The highest BCUT2D eigenvalue weighted by atomic mass is 16.3. The topological polar surface area (TPSA) is 99.2 Å². The van der Waals surface area contributed by atoms with Gasteiger partial charge in [0, 0.05) is 13.1 Å². The first-order valence-corrected chi connectivity index (χ1v) is 8.22. The number of benzene rings is 1. The van der Waals surface area contributed by atoms with E-state index in [1.807, 2.05) is 6.92 Å². The molecule has 3 rings (SSSR count). The van der Waals surface area contributed by atoms with Crippen LogP contribution in [-0.4, -0.2) is 38.6 Å². The zero-order chi connectivity index (χ0) is 18.2. The van der Waals surface area contributed by atoms with Gasteiger partial charge in [-0.05, 0) is 44.9 Å². The van der Waals surface area contributed by atoms with Gasteiger partial charge in [-0.25, -0.2) is 4.98 Å². The first-order chi connectivity index (χ1) is 11.8. The largest absolute Gasteiger partial charge is 0.508 e. The minimum Gasteiger partial charge on any atom is -0.508 e. The van der Waals surface area contributed by atoms with Gasteiger partial charge in [-0.3, -0.25) is 14.2 Å². The summed E-state index contributed by atoms with van der Waals surface area (Å²) in [5.74, 6) is 0.279. The number of rotatable bonds is 2. The highest BCUT2D eigenvalue weighted by Crippen LogP contribution is 2.29. The van der Waals surface area contributed by atoms with Gasteiger partial charge in [0.15, 0.2) is 0 Å². The Balaban J connectivity index is 1.85. The van der Waals surface area contributed by atoms with E-state index in [0.717, 1.165) is 0 Å². The van der Waals surface area contributed by atoms with Crippen LogP contribution in [0.15, 0.2) is 23.0 Å². The van der Waals surface area contributed by atoms with Gasteiger partial charge in [-0.2, -0.15) is 5.26 Å². The highest BCUT2D eigenvalue weighted by Gasteiger charge is 2.32. The van der Waals surface area contributed by atoms with Crippen molar-refractivity contribution in [1.82, 2.24) is 14.5 Å². The number of phenolic OH excluding ortho intramolecular Hbond substituents is 1. The average molecular weight is 340 g/mol. The second-order valence-corrected chi connectivity index (χ2v) is 6.81. The molecule has 0 unspecified atom stereocenters. The van der Waals surface area contributed by atoms with Crippen LogP contribution in [0, 0.1) is 23.7 Å². The predicted molar refractivity (Wildman–Crippen MR) is 91.9 cm³/mol. The van der Waals surface area contributed by atoms with Crippen molar-refractivity contribution in [2.24, 2.45) is 5.41 Å². The summed E-state index contributed by atoms with van der Waals surface area (Å²) >= 11 is 0. The van der Waals surface area contributed by atoms with E-state index in [-0.39, 0.29) is 34.6 Å². The van der Waals surface area contributed by atoms with Crippen molar-refractivity contribution in [3.05, 3.63) is 34.4 Å². The molecule has 0 saturated carbocycles. The minimum absolute atomic E-state index is 0.0139. The maximum absolute atomic E-state index is 12.7. The number of nitriles is 1. The fraction of sp³-hybridized carbons (Fsp3) is 0.444. The number of phenols is 1. The van der Waals surface area contributed by atoms with Crippen LogP contribution in [0.3, 0.4) is 0 Å². The zero-order valence-corrected chi connectivity index (χ0v) is 14.3. The Morgan fingerprint density at radius 2 is 2.08 bits per heavy atom. The number of hydrogen-bond acceptors (Lipinski definition) is 5. The van der Waals surface area contributed by atoms with Crippen molar-refractivity contribution >= 4 is 16.8 Å². The average Bonchev–Trinajstić information content (AvgIpc) is 2.60. The van der Waals surface area contributed by atoms with Gasteiger partial charge in [0.05, 0.1) is 22.4 Å². The van der Waals surface area contributed by atoms with Crippen LogP contribution in [0.25, 0.3) is 10.9 Å². The molecule has 1 aliphatic rings. The Hall–Kier alpha value is -2.88. The molecule has 1 N–H and O–H groups in total. The maximum atomic E-state index is 12.7. The third kappa shape index (κ3) is 3.20.